The zero-order valence-corrected chi connectivity index (χ0v) is 21.1. The number of hydrogen-bond acceptors (Lipinski definition) is 2. The van der Waals surface area contributed by atoms with Crippen LogP contribution in [0, 0.1) is 6.92 Å². The van der Waals surface area contributed by atoms with Crippen LogP contribution in [-0.2, 0) is 4.74 Å². The molecule has 0 amide bonds. The van der Waals surface area contributed by atoms with E-state index in [1.54, 1.807) is 0 Å². The minimum atomic E-state index is -2.52. The van der Waals surface area contributed by atoms with Crippen LogP contribution in [0.4, 0.5) is 0 Å². The first-order valence-electron chi connectivity index (χ1n) is 12.1. The Morgan fingerprint density at radius 1 is 0.556 bits per heavy atom. The first-order chi connectivity index (χ1) is 17.7. The second kappa shape index (κ2) is 10.7. The predicted octanol–water partition coefficient (Wildman–Crippen LogP) is 6.84. The van der Waals surface area contributed by atoms with E-state index in [9.17, 15) is 4.79 Å². The summed E-state index contributed by atoms with van der Waals surface area (Å²) in [6.07, 6.45) is 0. The molecule has 0 saturated heterocycles. The Kier molecular flexibility index (Phi) is 7.07. The molecule has 0 heterocycles. The number of esters is 1. The normalized spacial score (nSPS) is 12.0. The highest BCUT2D eigenvalue weighted by molar-refractivity contribution is 7.95. The van der Waals surface area contributed by atoms with Crippen molar-refractivity contribution in [2.75, 3.05) is 0 Å². The summed E-state index contributed by atoms with van der Waals surface area (Å²) in [7, 11) is -2.52. The van der Waals surface area contributed by atoms with Crippen molar-refractivity contribution < 1.29 is 9.53 Å². The van der Waals surface area contributed by atoms with Crippen LogP contribution in [0.5, 0.6) is 0 Å². The molecule has 0 N–H and O–H groups in total. The predicted molar refractivity (Wildman–Crippen MR) is 151 cm³/mol. The highest BCUT2D eigenvalue weighted by Crippen LogP contribution is 2.67. The molecule has 0 aliphatic rings. The molecular weight excluding hydrogens is 459 g/mol. The molecule has 5 aromatic carbocycles. The zero-order chi connectivity index (χ0) is 24.8. The highest BCUT2D eigenvalue weighted by Gasteiger charge is 2.55. The summed E-state index contributed by atoms with van der Waals surface area (Å²) >= 11 is 0. The third-order valence-corrected chi connectivity index (χ3v) is 10.9. The van der Waals surface area contributed by atoms with Gasteiger partial charge in [0, 0.05) is 5.56 Å². The van der Waals surface area contributed by atoms with Crippen LogP contribution in [-0.4, -0.2) is 5.97 Å². The van der Waals surface area contributed by atoms with Gasteiger partial charge in [-0.2, -0.15) is 0 Å². The van der Waals surface area contributed by atoms with Crippen molar-refractivity contribution in [2.45, 2.75) is 12.8 Å². The van der Waals surface area contributed by atoms with Gasteiger partial charge in [0.25, 0.3) is 0 Å². The van der Waals surface area contributed by atoms with Gasteiger partial charge in [-0.3, -0.25) is 0 Å². The summed E-state index contributed by atoms with van der Waals surface area (Å²) in [4.78, 5) is 13.6. The van der Waals surface area contributed by atoms with Crippen LogP contribution in [0.25, 0.3) is 0 Å². The van der Waals surface area contributed by atoms with Crippen LogP contribution in [0.15, 0.2) is 146 Å². The second-order valence-electron chi connectivity index (χ2n) is 8.76. The summed E-state index contributed by atoms with van der Waals surface area (Å²) in [5.74, 6) is -0.841. The fourth-order valence-corrected chi connectivity index (χ4v) is 9.20. The van der Waals surface area contributed by atoms with Crippen molar-refractivity contribution in [2.24, 2.45) is 0 Å². The van der Waals surface area contributed by atoms with Crippen molar-refractivity contribution in [1.82, 2.24) is 0 Å². The summed E-state index contributed by atoms with van der Waals surface area (Å²) in [6.45, 7) is 2.07. The van der Waals surface area contributed by atoms with Crippen molar-refractivity contribution >= 4 is 29.1 Å². The summed E-state index contributed by atoms with van der Waals surface area (Å²) in [6, 6.07) is 49.2. The number of aryl methyl sites for hydroxylation is 1. The lowest BCUT2D eigenvalue weighted by atomic mass is 10.1. The van der Waals surface area contributed by atoms with Gasteiger partial charge in [-0.1, -0.05) is 103 Å². The van der Waals surface area contributed by atoms with E-state index in [-0.39, 0.29) is 5.97 Å². The first-order valence-corrected chi connectivity index (χ1v) is 13.9. The second-order valence-corrected chi connectivity index (χ2v) is 12.2. The molecule has 0 spiro atoms. The average Bonchev–Trinajstić information content (AvgIpc) is 2.95. The molecule has 0 aromatic heterocycles. The SMILES string of the molecule is Cc1ccc(C(OC(=O)c2ccccc2)[P+](c2ccccc2)(c2ccccc2)c2ccccc2)cc1. The Morgan fingerprint density at radius 2 is 0.944 bits per heavy atom. The van der Waals surface area contributed by atoms with Gasteiger partial charge in [0.2, 0.25) is 5.85 Å². The van der Waals surface area contributed by atoms with E-state index in [4.69, 9.17) is 4.74 Å². The van der Waals surface area contributed by atoms with Gasteiger partial charge in [-0.15, -0.1) is 0 Å². The Labute approximate surface area is 213 Å². The molecule has 0 fully saturated rings. The van der Waals surface area contributed by atoms with Crippen LogP contribution in [0.3, 0.4) is 0 Å². The molecular formula is C33H28O2P+. The smallest absolute Gasteiger partial charge is 0.341 e. The van der Waals surface area contributed by atoms with Gasteiger partial charge in [0.05, 0.1) is 5.56 Å². The third kappa shape index (κ3) is 4.61. The maximum atomic E-state index is 13.6. The van der Waals surface area contributed by atoms with Crippen molar-refractivity contribution in [3.8, 4) is 0 Å². The summed E-state index contributed by atoms with van der Waals surface area (Å²) in [5.41, 5.74) is 2.69. The molecule has 176 valence electrons. The lowest BCUT2D eigenvalue weighted by Gasteiger charge is -2.34. The van der Waals surface area contributed by atoms with Crippen LogP contribution >= 0.6 is 7.26 Å². The Morgan fingerprint density at radius 3 is 1.36 bits per heavy atom. The monoisotopic (exact) mass is 487 g/mol. The lowest BCUT2D eigenvalue weighted by molar-refractivity contribution is 0.0448. The van der Waals surface area contributed by atoms with E-state index in [1.807, 2.05) is 48.5 Å². The van der Waals surface area contributed by atoms with Gasteiger partial charge < -0.3 is 4.74 Å². The molecule has 0 aliphatic carbocycles. The molecule has 0 saturated carbocycles. The molecule has 0 aliphatic heterocycles. The molecule has 5 aromatic rings. The first kappa shape index (κ1) is 23.7. The van der Waals surface area contributed by atoms with E-state index in [1.165, 1.54) is 0 Å². The molecule has 1 atom stereocenters. The van der Waals surface area contributed by atoms with E-state index in [2.05, 4.69) is 104 Å². The summed E-state index contributed by atoms with van der Waals surface area (Å²) in [5, 5.41) is 3.48. The fraction of sp³-hybridized carbons (Fsp3) is 0.0606. The van der Waals surface area contributed by atoms with Crippen molar-refractivity contribution in [3.63, 3.8) is 0 Å². The van der Waals surface area contributed by atoms with Crippen LogP contribution in [0.1, 0.15) is 27.3 Å². The van der Waals surface area contributed by atoms with Gasteiger partial charge in [0.15, 0.2) is 7.26 Å². The Hall–Kier alpha value is -4.00. The maximum Gasteiger partial charge on any atom is 0.341 e. The topological polar surface area (TPSA) is 26.3 Å². The number of carbonyl (C=O) groups is 1. The van der Waals surface area contributed by atoms with Gasteiger partial charge in [0.1, 0.15) is 15.9 Å². The molecule has 5 rings (SSSR count). The molecule has 3 heteroatoms. The number of rotatable bonds is 7. The minimum absolute atomic E-state index is 0.326. The standard InChI is InChI=1S/C33H28O2P/c1-26-22-24-28(25-23-26)33(35-32(34)27-14-6-2-7-15-27)36(29-16-8-3-9-17-29,30-18-10-4-11-19-30)31-20-12-5-13-21-31/h2-25,33H,1H3/q+1. The minimum Gasteiger partial charge on any atom is -0.418 e. The van der Waals surface area contributed by atoms with Crippen LogP contribution in [0.2, 0.25) is 0 Å². The largest absolute Gasteiger partial charge is 0.418 e. The zero-order valence-electron chi connectivity index (χ0n) is 20.2. The number of benzene rings is 5. The average molecular weight is 488 g/mol. The van der Waals surface area contributed by atoms with E-state index >= 15 is 0 Å². The van der Waals surface area contributed by atoms with Crippen molar-refractivity contribution in [1.29, 1.82) is 0 Å². The number of carbonyl (C=O) groups excluding carboxylic acids is 1. The fourth-order valence-electron chi connectivity index (χ4n) is 4.69. The Bertz CT molecular complexity index is 1300. The molecule has 2 nitrogen and oxygen atoms in total. The number of ether oxygens (including phenoxy) is 1. The maximum absolute atomic E-state index is 13.6. The highest BCUT2D eigenvalue weighted by atomic mass is 31.2. The van der Waals surface area contributed by atoms with Gasteiger partial charge in [-0.25, -0.2) is 4.79 Å². The van der Waals surface area contributed by atoms with Crippen molar-refractivity contribution in [3.05, 3.63) is 162 Å². The quantitative estimate of drug-likeness (QED) is 0.185. The summed E-state index contributed by atoms with van der Waals surface area (Å²) < 4.78 is 6.60. The molecule has 1 unspecified atom stereocenters. The molecule has 0 radical (unpaired) electrons. The number of hydrogen-bond donors (Lipinski definition) is 0. The van der Waals surface area contributed by atoms with E-state index in [0.717, 1.165) is 27.0 Å². The van der Waals surface area contributed by atoms with Gasteiger partial charge in [-0.05, 0) is 55.5 Å². The lowest BCUT2D eigenvalue weighted by Crippen LogP contribution is -2.37. The molecule has 0 bridgehead atoms. The Balaban J connectivity index is 1.82. The van der Waals surface area contributed by atoms with E-state index in [0.29, 0.717) is 5.56 Å². The molecule has 36 heavy (non-hydrogen) atoms. The third-order valence-electron chi connectivity index (χ3n) is 6.43. The van der Waals surface area contributed by atoms with Crippen LogP contribution < -0.4 is 15.9 Å². The van der Waals surface area contributed by atoms with Gasteiger partial charge >= 0.3 is 5.97 Å². The van der Waals surface area contributed by atoms with E-state index < -0.39 is 13.1 Å².